The summed E-state index contributed by atoms with van der Waals surface area (Å²) < 4.78 is 15.4. The van der Waals surface area contributed by atoms with Gasteiger partial charge in [-0.25, -0.2) is 4.39 Å². The molecular weight excluding hydrogens is 417 g/mol. The molecule has 0 spiro atoms. The third-order valence-electron chi connectivity index (χ3n) is 4.72. The van der Waals surface area contributed by atoms with E-state index in [9.17, 15) is 14.0 Å². The summed E-state index contributed by atoms with van der Waals surface area (Å²) in [4.78, 5) is 24.6. The molecule has 0 radical (unpaired) electrons. The Morgan fingerprint density at radius 2 is 1.77 bits per heavy atom. The fourth-order valence-electron chi connectivity index (χ4n) is 3.21. The molecule has 1 aromatic heterocycles. The van der Waals surface area contributed by atoms with Crippen LogP contribution in [0.3, 0.4) is 0 Å². The van der Waals surface area contributed by atoms with Crippen LogP contribution in [0.4, 0.5) is 10.1 Å². The molecule has 2 amide bonds. The van der Waals surface area contributed by atoms with E-state index in [1.54, 1.807) is 17.7 Å². The second-order valence-electron chi connectivity index (χ2n) is 7.23. The molecule has 31 heavy (non-hydrogen) atoms. The Labute approximate surface area is 184 Å². The van der Waals surface area contributed by atoms with Crippen LogP contribution < -0.4 is 10.6 Å². The first-order chi connectivity index (χ1) is 14.8. The molecule has 3 rings (SSSR count). The van der Waals surface area contributed by atoms with Gasteiger partial charge in [-0.05, 0) is 44.0 Å². The lowest BCUT2D eigenvalue weighted by atomic mass is 10.1. The van der Waals surface area contributed by atoms with Crippen LogP contribution in [0.5, 0.6) is 0 Å². The molecule has 0 saturated carbocycles. The molecule has 162 valence electrons. The zero-order valence-electron chi connectivity index (χ0n) is 17.8. The molecule has 2 N–H and O–H groups in total. The molecule has 2 aromatic carbocycles. The van der Waals surface area contributed by atoms with Crippen molar-refractivity contribution in [3.8, 4) is 0 Å². The van der Waals surface area contributed by atoms with E-state index in [0.717, 1.165) is 22.4 Å². The van der Waals surface area contributed by atoms with Gasteiger partial charge in [0.25, 0.3) is 5.91 Å². The van der Waals surface area contributed by atoms with Crippen LogP contribution in [0, 0.1) is 26.6 Å². The van der Waals surface area contributed by atoms with Crippen molar-refractivity contribution in [1.82, 2.24) is 20.1 Å². The zero-order chi connectivity index (χ0) is 22.5. The van der Waals surface area contributed by atoms with Crippen LogP contribution in [0.1, 0.15) is 32.9 Å². The summed E-state index contributed by atoms with van der Waals surface area (Å²) in [6, 6.07) is 9.82. The molecule has 7 nitrogen and oxygen atoms in total. The SMILES string of the molecule is Cc1cc(C)c(NC(=O)CSc2nnc(CNC(=O)c3ccccc3F)n2C)c(C)c1. The summed E-state index contributed by atoms with van der Waals surface area (Å²) in [5.74, 6) is -0.589. The molecular formula is C22H24FN5O2S. The Morgan fingerprint density at radius 3 is 2.45 bits per heavy atom. The molecule has 0 aliphatic rings. The van der Waals surface area contributed by atoms with Crippen molar-refractivity contribution in [3.63, 3.8) is 0 Å². The molecule has 0 aliphatic carbocycles. The molecule has 0 fully saturated rings. The maximum Gasteiger partial charge on any atom is 0.254 e. The van der Waals surface area contributed by atoms with Crippen LogP contribution in [-0.4, -0.2) is 32.3 Å². The average Bonchev–Trinajstić information content (AvgIpc) is 3.07. The van der Waals surface area contributed by atoms with Gasteiger partial charge < -0.3 is 15.2 Å². The van der Waals surface area contributed by atoms with Crippen LogP contribution in [0.25, 0.3) is 0 Å². The standard InChI is InChI=1S/C22H24FN5O2S/c1-13-9-14(2)20(15(3)10-13)25-19(29)12-31-22-27-26-18(28(22)4)11-24-21(30)16-7-5-6-8-17(16)23/h5-10H,11-12H2,1-4H3,(H,24,30)(H,25,29). The van der Waals surface area contributed by atoms with Crippen molar-refractivity contribution in [2.24, 2.45) is 7.05 Å². The largest absolute Gasteiger partial charge is 0.345 e. The molecule has 3 aromatic rings. The summed E-state index contributed by atoms with van der Waals surface area (Å²) in [5.41, 5.74) is 3.98. The predicted molar refractivity (Wildman–Crippen MR) is 119 cm³/mol. The zero-order valence-corrected chi connectivity index (χ0v) is 18.6. The monoisotopic (exact) mass is 441 g/mol. The highest BCUT2D eigenvalue weighted by molar-refractivity contribution is 7.99. The van der Waals surface area contributed by atoms with Crippen molar-refractivity contribution in [1.29, 1.82) is 0 Å². The summed E-state index contributed by atoms with van der Waals surface area (Å²) in [6.45, 7) is 6.04. The third-order valence-corrected chi connectivity index (χ3v) is 5.74. The third kappa shape index (κ3) is 5.49. The van der Waals surface area contributed by atoms with E-state index in [2.05, 4.69) is 20.8 Å². The normalized spacial score (nSPS) is 10.7. The van der Waals surface area contributed by atoms with Gasteiger partial charge in [0.05, 0.1) is 17.9 Å². The number of rotatable bonds is 7. The van der Waals surface area contributed by atoms with Crippen molar-refractivity contribution < 1.29 is 14.0 Å². The molecule has 0 atom stereocenters. The van der Waals surface area contributed by atoms with Gasteiger partial charge in [0.15, 0.2) is 11.0 Å². The minimum absolute atomic E-state index is 0.0300. The molecule has 9 heteroatoms. The summed E-state index contributed by atoms with van der Waals surface area (Å²) in [7, 11) is 1.75. The van der Waals surface area contributed by atoms with E-state index in [0.29, 0.717) is 11.0 Å². The number of carbonyl (C=O) groups excluding carboxylic acids is 2. The Kier molecular flexibility index (Phi) is 7.06. The summed E-state index contributed by atoms with van der Waals surface area (Å²) in [5, 5.41) is 14.3. The maximum absolute atomic E-state index is 13.7. The molecule has 0 bridgehead atoms. The number of nitrogens with zero attached hydrogens (tertiary/aromatic N) is 3. The Morgan fingerprint density at radius 1 is 1.10 bits per heavy atom. The summed E-state index contributed by atoms with van der Waals surface area (Å²) in [6.07, 6.45) is 0. The Balaban J connectivity index is 1.56. The van der Waals surface area contributed by atoms with E-state index in [1.165, 1.54) is 30.0 Å². The van der Waals surface area contributed by atoms with E-state index in [-0.39, 0.29) is 23.8 Å². The lowest BCUT2D eigenvalue weighted by Gasteiger charge is -2.12. The highest BCUT2D eigenvalue weighted by Gasteiger charge is 2.15. The van der Waals surface area contributed by atoms with Crippen LogP contribution in [0.15, 0.2) is 41.6 Å². The second-order valence-corrected chi connectivity index (χ2v) is 8.17. The van der Waals surface area contributed by atoms with E-state index in [1.807, 2.05) is 32.9 Å². The minimum atomic E-state index is -0.584. The number of carbonyl (C=O) groups is 2. The number of aromatic nitrogens is 3. The quantitative estimate of drug-likeness (QED) is 0.548. The van der Waals surface area contributed by atoms with Crippen molar-refractivity contribution in [2.45, 2.75) is 32.5 Å². The lowest BCUT2D eigenvalue weighted by molar-refractivity contribution is -0.113. The molecule has 0 aliphatic heterocycles. The second kappa shape index (κ2) is 9.74. The van der Waals surface area contributed by atoms with Crippen molar-refractivity contribution in [3.05, 3.63) is 70.3 Å². The van der Waals surface area contributed by atoms with Crippen molar-refractivity contribution >= 4 is 29.3 Å². The fourth-order valence-corrected chi connectivity index (χ4v) is 3.94. The minimum Gasteiger partial charge on any atom is -0.345 e. The number of amides is 2. The molecule has 0 saturated heterocycles. The highest BCUT2D eigenvalue weighted by atomic mass is 32.2. The number of anilines is 1. The predicted octanol–water partition coefficient (Wildman–Crippen LogP) is 3.54. The fraction of sp³-hybridized carbons (Fsp3) is 0.273. The van der Waals surface area contributed by atoms with Crippen LogP contribution in [-0.2, 0) is 18.4 Å². The number of benzene rings is 2. The summed E-state index contributed by atoms with van der Waals surface area (Å²) >= 11 is 1.25. The van der Waals surface area contributed by atoms with Gasteiger partial charge in [0.1, 0.15) is 5.82 Å². The Bertz CT molecular complexity index is 1110. The first-order valence-electron chi connectivity index (χ1n) is 9.67. The smallest absolute Gasteiger partial charge is 0.254 e. The van der Waals surface area contributed by atoms with Gasteiger partial charge in [0.2, 0.25) is 5.91 Å². The number of thioether (sulfide) groups is 1. The molecule has 0 unspecified atom stereocenters. The first kappa shape index (κ1) is 22.5. The highest BCUT2D eigenvalue weighted by Crippen LogP contribution is 2.23. The first-order valence-corrected chi connectivity index (χ1v) is 10.7. The van der Waals surface area contributed by atoms with Crippen LogP contribution >= 0.6 is 11.8 Å². The van der Waals surface area contributed by atoms with Gasteiger partial charge in [0, 0.05) is 12.7 Å². The van der Waals surface area contributed by atoms with Gasteiger partial charge in [-0.15, -0.1) is 10.2 Å². The average molecular weight is 442 g/mol. The lowest BCUT2D eigenvalue weighted by Crippen LogP contribution is -2.25. The number of nitrogens with one attached hydrogen (secondary N) is 2. The number of hydrogen-bond acceptors (Lipinski definition) is 5. The van der Waals surface area contributed by atoms with Crippen molar-refractivity contribution in [2.75, 3.05) is 11.1 Å². The van der Waals surface area contributed by atoms with Gasteiger partial charge in [-0.1, -0.05) is 41.6 Å². The number of aryl methyl sites for hydroxylation is 3. The Hall–Kier alpha value is -3.20. The van der Waals surface area contributed by atoms with E-state index >= 15 is 0 Å². The van der Waals surface area contributed by atoms with E-state index < -0.39 is 11.7 Å². The van der Waals surface area contributed by atoms with Gasteiger partial charge >= 0.3 is 0 Å². The topological polar surface area (TPSA) is 88.9 Å². The molecule has 1 heterocycles. The van der Waals surface area contributed by atoms with Crippen LogP contribution in [0.2, 0.25) is 0 Å². The maximum atomic E-state index is 13.7. The number of hydrogen-bond donors (Lipinski definition) is 2. The van der Waals surface area contributed by atoms with Gasteiger partial charge in [-0.3, -0.25) is 9.59 Å². The van der Waals surface area contributed by atoms with E-state index in [4.69, 9.17) is 0 Å². The number of halogens is 1. The van der Waals surface area contributed by atoms with Gasteiger partial charge in [-0.2, -0.15) is 0 Å².